The number of benzene rings is 1. The van der Waals surface area contributed by atoms with Gasteiger partial charge in [0, 0.05) is 24.3 Å². The lowest BCUT2D eigenvalue weighted by Gasteiger charge is -2.43. The van der Waals surface area contributed by atoms with Crippen LogP contribution in [0.25, 0.3) is 11.3 Å². The Labute approximate surface area is 207 Å². The standard InChI is InChI=1S/C26H26F2N4O4/c1-16-6-4-7-23(30-16)26(31-25(34)36-3)10-5-11-32(15-26)22-14-29-21(13-18(22)24(33)35-2)17-8-9-19(27)20(28)12-17/h4,6-9,12-14H,5,10-11,15H2,1-3H3,(H,31,34). The summed E-state index contributed by atoms with van der Waals surface area (Å²) in [4.78, 5) is 36.1. The molecule has 1 N–H and O–H groups in total. The minimum atomic E-state index is -1.02. The number of esters is 1. The van der Waals surface area contributed by atoms with Crippen LogP contribution in [0.5, 0.6) is 0 Å². The molecule has 0 radical (unpaired) electrons. The van der Waals surface area contributed by atoms with Crippen LogP contribution in [0.4, 0.5) is 19.3 Å². The second-order valence-electron chi connectivity index (χ2n) is 8.60. The molecule has 1 aliphatic rings. The van der Waals surface area contributed by atoms with Crippen LogP contribution in [0.3, 0.4) is 0 Å². The van der Waals surface area contributed by atoms with Gasteiger partial charge in [0.25, 0.3) is 0 Å². The number of amides is 1. The second kappa shape index (κ2) is 10.3. The van der Waals surface area contributed by atoms with E-state index in [0.29, 0.717) is 36.3 Å². The summed E-state index contributed by atoms with van der Waals surface area (Å²) >= 11 is 0. The summed E-state index contributed by atoms with van der Waals surface area (Å²) in [5.41, 5.74) is 1.87. The molecule has 10 heteroatoms. The van der Waals surface area contributed by atoms with Gasteiger partial charge in [0.1, 0.15) is 5.54 Å². The molecular formula is C26H26F2N4O4. The number of methoxy groups -OCH3 is 2. The maximum absolute atomic E-state index is 13.8. The number of nitrogens with one attached hydrogen (secondary N) is 1. The van der Waals surface area contributed by atoms with Crippen molar-refractivity contribution in [2.45, 2.75) is 25.3 Å². The fraction of sp³-hybridized carbons (Fsp3) is 0.308. The highest BCUT2D eigenvalue weighted by Gasteiger charge is 2.41. The van der Waals surface area contributed by atoms with Crippen LogP contribution < -0.4 is 10.2 Å². The molecule has 8 nitrogen and oxygen atoms in total. The van der Waals surface area contributed by atoms with Crippen molar-refractivity contribution in [1.29, 1.82) is 0 Å². The number of piperidine rings is 1. The third kappa shape index (κ3) is 4.98. The quantitative estimate of drug-likeness (QED) is 0.525. The van der Waals surface area contributed by atoms with Gasteiger partial charge in [0.15, 0.2) is 11.6 Å². The van der Waals surface area contributed by atoms with Crippen molar-refractivity contribution in [3.05, 3.63) is 77.2 Å². The Morgan fingerprint density at radius 1 is 1.08 bits per heavy atom. The number of halogens is 2. The van der Waals surface area contributed by atoms with Crippen molar-refractivity contribution in [2.75, 3.05) is 32.2 Å². The van der Waals surface area contributed by atoms with E-state index in [1.165, 1.54) is 32.5 Å². The Hall–Kier alpha value is -4.08. The van der Waals surface area contributed by atoms with Crippen molar-refractivity contribution < 1.29 is 27.8 Å². The number of carbonyl (C=O) groups excluding carboxylic acids is 2. The van der Waals surface area contributed by atoms with E-state index in [9.17, 15) is 18.4 Å². The zero-order valence-electron chi connectivity index (χ0n) is 20.2. The molecule has 0 saturated carbocycles. The molecule has 4 rings (SSSR count). The number of hydrogen-bond acceptors (Lipinski definition) is 7. The van der Waals surface area contributed by atoms with Crippen molar-refractivity contribution in [2.24, 2.45) is 0 Å². The van der Waals surface area contributed by atoms with Crippen molar-refractivity contribution in [1.82, 2.24) is 15.3 Å². The monoisotopic (exact) mass is 496 g/mol. The Kier molecular flexibility index (Phi) is 7.14. The van der Waals surface area contributed by atoms with E-state index >= 15 is 0 Å². The summed E-state index contributed by atoms with van der Waals surface area (Å²) in [6.07, 6.45) is 2.18. The van der Waals surface area contributed by atoms with Crippen LogP contribution in [-0.2, 0) is 15.0 Å². The lowest BCUT2D eigenvalue weighted by Crippen LogP contribution is -2.57. The number of carbonyl (C=O) groups is 2. The van der Waals surface area contributed by atoms with Crippen LogP contribution in [0, 0.1) is 18.6 Å². The highest BCUT2D eigenvalue weighted by molar-refractivity contribution is 5.97. The highest BCUT2D eigenvalue weighted by atomic mass is 19.2. The van der Waals surface area contributed by atoms with E-state index in [1.54, 1.807) is 0 Å². The third-order valence-corrected chi connectivity index (χ3v) is 6.24. The van der Waals surface area contributed by atoms with Gasteiger partial charge in [0.05, 0.1) is 43.1 Å². The van der Waals surface area contributed by atoms with E-state index in [1.807, 2.05) is 30.0 Å². The van der Waals surface area contributed by atoms with Crippen molar-refractivity contribution in [3.63, 3.8) is 0 Å². The lowest BCUT2D eigenvalue weighted by atomic mass is 9.84. The van der Waals surface area contributed by atoms with E-state index in [4.69, 9.17) is 9.47 Å². The van der Waals surface area contributed by atoms with E-state index in [-0.39, 0.29) is 17.8 Å². The van der Waals surface area contributed by atoms with Gasteiger partial charge in [-0.15, -0.1) is 0 Å². The van der Waals surface area contributed by atoms with Gasteiger partial charge >= 0.3 is 12.1 Å². The number of hydrogen-bond donors (Lipinski definition) is 1. The number of nitrogens with zero attached hydrogens (tertiary/aromatic N) is 3. The topological polar surface area (TPSA) is 93.6 Å². The Morgan fingerprint density at radius 3 is 2.58 bits per heavy atom. The highest BCUT2D eigenvalue weighted by Crippen LogP contribution is 2.36. The molecule has 36 heavy (non-hydrogen) atoms. The average Bonchev–Trinajstić information content (AvgIpc) is 2.89. The molecule has 3 aromatic rings. The van der Waals surface area contributed by atoms with Crippen LogP contribution >= 0.6 is 0 Å². The van der Waals surface area contributed by atoms with Gasteiger partial charge in [-0.3, -0.25) is 9.97 Å². The average molecular weight is 497 g/mol. The minimum absolute atomic E-state index is 0.207. The summed E-state index contributed by atoms with van der Waals surface area (Å²) in [6.45, 7) is 2.73. The molecule has 0 bridgehead atoms. The Morgan fingerprint density at radius 2 is 1.89 bits per heavy atom. The van der Waals surface area contributed by atoms with Gasteiger partial charge in [-0.1, -0.05) is 6.07 Å². The first kappa shape index (κ1) is 25.0. The summed E-state index contributed by atoms with van der Waals surface area (Å²) in [5, 5.41) is 2.96. The first-order valence-corrected chi connectivity index (χ1v) is 11.4. The molecule has 2 aromatic heterocycles. The van der Waals surface area contributed by atoms with E-state index < -0.39 is 29.2 Å². The maximum Gasteiger partial charge on any atom is 0.407 e. The summed E-state index contributed by atoms with van der Waals surface area (Å²) < 4.78 is 37.1. The first-order chi connectivity index (χ1) is 17.3. The zero-order valence-corrected chi connectivity index (χ0v) is 20.2. The van der Waals surface area contributed by atoms with Crippen molar-refractivity contribution in [3.8, 4) is 11.3 Å². The van der Waals surface area contributed by atoms with Gasteiger partial charge in [0.2, 0.25) is 0 Å². The fourth-order valence-corrected chi connectivity index (χ4v) is 4.48. The predicted octanol–water partition coefficient (Wildman–Crippen LogP) is 4.37. The normalized spacial score (nSPS) is 17.4. The number of alkyl carbamates (subject to hydrolysis) is 1. The van der Waals surface area contributed by atoms with Crippen LogP contribution in [-0.4, -0.2) is 49.3 Å². The summed E-state index contributed by atoms with van der Waals surface area (Å²) in [6, 6.07) is 10.5. The Balaban J connectivity index is 1.76. The maximum atomic E-state index is 13.8. The minimum Gasteiger partial charge on any atom is -0.465 e. The number of rotatable bonds is 5. The molecule has 188 valence electrons. The number of aryl methyl sites for hydroxylation is 1. The largest absolute Gasteiger partial charge is 0.465 e. The smallest absolute Gasteiger partial charge is 0.407 e. The molecule has 1 saturated heterocycles. The van der Waals surface area contributed by atoms with Gasteiger partial charge < -0.3 is 19.7 Å². The first-order valence-electron chi connectivity index (χ1n) is 11.4. The van der Waals surface area contributed by atoms with Gasteiger partial charge in [-0.05, 0) is 56.2 Å². The summed E-state index contributed by atoms with van der Waals surface area (Å²) in [5.74, 6) is -2.60. The second-order valence-corrected chi connectivity index (χ2v) is 8.60. The molecule has 3 heterocycles. The number of aromatic nitrogens is 2. The van der Waals surface area contributed by atoms with E-state index in [0.717, 1.165) is 17.8 Å². The Bertz CT molecular complexity index is 1300. The number of pyridine rings is 2. The molecular weight excluding hydrogens is 470 g/mol. The molecule has 1 aromatic carbocycles. The predicted molar refractivity (Wildman–Crippen MR) is 129 cm³/mol. The molecule has 0 aliphatic carbocycles. The van der Waals surface area contributed by atoms with Gasteiger partial charge in [-0.25, -0.2) is 18.4 Å². The van der Waals surface area contributed by atoms with Gasteiger partial charge in [-0.2, -0.15) is 0 Å². The van der Waals surface area contributed by atoms with Crippen LogP contribution in [0.2, 0.25) is 0 Å². The molecule has 0 spiro atoms. The summed E-state index contributed by atoms with van der Waals surface area (Å²) in [7, 11) is 2.56. The third-order valence-electron chi connectivity index (χ3n) is 6.24. The van der Waals surface area contributed by atoms with Crippen LogP contribution in [0.15, 0.2) is 48.7 Å². The van der Waals surface area contributed by atoms with Crippen molar-refractivity contribution >= 4 is 17.7 Å². The van der Waals surface area contributed by atoms with Crippen LogP contribution in [0.1, 0.15) is 34.6 Å². The number of anilines is 1. The zero-order chi connectivity index (χ0) is 25.9. The fourth-order valence-electron chi connectivity index (χ4n) is 4.48. The van der Waals surface area contributed by atoms with E-state index in [2.05, 4.69) is 15.3 Å². The molecule has 1 atom stereocenters. The lowest BCUT2D eigenvalue weighted by molar-refractivity contribution is 0.0600. The molecule has 1 aliphatic heterocycles. The molecule has 1 unspecified atom stereocenters. The molecule has 1 fully saturated rings. The SMILES string of the molecule is COC(=O)NC1(c2cccc(C)n2)CCCN(c2cnc(-c3ccc(F)c(F)c3)cc2C(=O)OC)C1. The molecule has 1 amide bonds. The number of ether oxygens (including phenoxy) is 2.